The third-order valence-electron chi connectivity index (χ3n) is 2.94. The predicted octanol–water partition coefficient (Wildman–Crippen LogP) is 3.10. The molecule has 0 aliphatic carbocycles. The van der Waals surface area contributed by atoms with Crippen LogP contribution < -0.4 is 9.64 Å². The number of nitrogens with zero attached hydrogens (tertiary/aromatic N) is 3. The van der Waals surface area contributed by atoms with Crippen LogP contribution in [0.1, 0.15) is 20.8 Å². The van der Waals surface area contributed by atoms with Crippen LogP contribution in [0.2, 0.25) is 0 Å². The maximum absolute atomic E-state index is 13.3. The van der Waals surface area contributed by atoms with Gasteiger partial charge in [-0.25, -0.2) is 9.37 Å². The van der Waals surface area contributed by atoms with Crippen molar-refractivity contribution < 1.29 is 54.6 Å². The minimum absolute atomic E-state index is 0. The van der Waals surface area contributed by atoms with Crippen molar-refractivity contribution in [3.8, 4) is 17.1 Å². The Hall–Kier alpha value is -1.98. The van der Waals surface area contributed by atoms with Crippen molar-refractivity contribution in [2.45, 2.75) is 26.4 Å². The van der Waals surface area contributed by atoms with Crippen molar-refractivity contribution >= 4 is 18.2 Å². The van der Waals surface area contributed by atoms with E-state index >= 15 is 0 Å². The van der Waals surface area contributed by atoms with E-state index in [-0.39, 0.29) is 42.7 Å². The normalized spacial score (nSPS) is 10.5. The zero-order valence-electron chi connectivity index (χ0n) is 14.7. The fourth-order valence-corrected chi connectivity index (χ4v) is 1.96. The molecule has 0 aromatic carbocycles. The first-order chi connectivity index (χ1) is 11.7. The number of aromatic nitrogens is 2. The Morgan fingerprint density at radius 3 is 2.50 bits per heavy atom. The molecule has 0 fully saturated rings. The summed E-state index contributed by atoms with van der Waals surface area (Å²) in [4.78, 5) is 32.0. The van der Waals surface area contributed by atoms with E-state index in [0.29, 0.717) is 16.2 Å². The minimum Gasteiger partial charge on any atom is -0.502 e. The van der Waals surface area contributed by atoms with Gasteiger partial charge in [0.2, 0.25) is 0 Å². The molecule has 26 heavy (non-hydrogen) atoms. The number of amides is 2. The molecule has 2 amide bonds. The molecule has 0 aliphatic heterocycles. The monoisotopic (exact) mass is 584 g/mol. The fourth-order valence-electron chi connectivity index (χ4n) is 1.96. The van der Waals surface area contributed by atoms with Crippen molar-refractivity contribution in [2.75, 3.05) is 12.0 Å². The number of anilines is 1. The molecule has 0 saturated heterocycles. The molecule has 0 saturated carbocycles. The Labute approximate surface area is 174 Å². The van der Waals surface area contributed by atoms with E-state index < -0.39 is 17.5 Å². The molecule has 9 heteroatoms. The second-order valence-electron chi connectivity index (χ2n) is 6.02. The molecule has 2 aromatic heterocycles. The number of pyridine rings is 2. The van der Waals surface area contributed by atoms with Crippen LogP contribution in [-0.4, -0.2) is 35.2 Å². The van der Waals surface area contributed by atoms with Crippen LogP contribution in [0.3, 0.4) is 0 Å². The number of carbonyl (C=O) groups excluding carboxylic acids is 2. The molecule has 0 bridgehead atoms. The van der Waals surface area contributed by atoms with Crippen molar-refractivity contribution in [1.29, 1.82) is 0 Å². The van der Waals surface area contributed by atoms with E-state index in [0.717, 1.165) is 6.20 Å². The smallest absolute Gasteiger partial charge is 0.303 e. The van der Waals surface area contributed by atoms with Gasteiger partial charge in [0.1, 0.15) is 5.82 Å². The third-order valence-corrected chi connectivity index (χ3v) is 2.94. The zero-order valence-corrected chi connectivity index (χ0v) is 18.9. The fraction of sp³-hybridized carbons (Fsp3) is 0.294. The standard InChI is InChI=1S/C17H17FN3O4.U/c1-17(2,3)25-16(23)21(10-22)14-6-5-13(20-15(14)24-4)11-7-12(18)9-19-8-11;/h5-9H,1-4H3;/q-1;. The SMILES string of the molecule is COc1nc(-c2cncc(F)c2)ccc1N([C-]=O)C(=O)OC(C)(C)C.[U]. The van der Waals surface area contributed by atoms with Crippen molar-refractivity contribution in [3.63, 3.8) is 0 Å². The number of imide groups is 1. The molecule has 0 atom stereocenters. The molecule has 0 aliphatic rings. The average Bonchev–Trinajstić information content (AvgIpc) is 2.54. The van der Waals surface area contributed by atoms with Crippen LogP contribution in [0.25, 0.3) is 11.3 Å². The van der Waals surface area contributed by atoms with E-state index in [1.165, 1.54) is 37.9 Å². The van der Waals surface area contributed by atoms with Gasteiger partial charge in [0.05, 0.1) is 24.6 Å². The Morgan fingerprint density at radius 1 is 1.27 bits per heavy atom. The second-order valence-corrected chi connectivity index (χ2v) is 6.02. The Kier molecular flexibility index (Phi) is 7.72. The van der Waals surface area contributed by atoms with Crippen LogP contribution in [0.5, 0.6) is 5.88 Å². The van der Waals surface area contributed by atoms with Crippen LogP contribution in [-0.2, 0) is 9.53 Å². The number of hydrogen-bond donors (Lipinski definition) is 0. The van der Waals surface area contributed by atoms with Gasteiger partial charge in [0, 0.05) is 48.6 Å². The van der Waals surface area contributed by atoms with Gasteiger partial charge in [0.15, 0.2) is 12.3 Å². The summed E-state index contributed by atoms with van der Waals surface area (Å²) in [6, 6.07) is 4.19. The Balaban J connectivity index is 0.00000338. The molecule has 2 rings (SSSR count). The van der Waals surface area contributed by atoms with Gasteiger partial charge in [0.25, 0.3) is 0 Å². The number of methoxy groups -OCH3 is 1. The van der Waals surface area contributed by atoms with E-state index in [1.807, 2.05) is 0 Å². The maximum atomic E-state index is 13.3. The van der Waals surface area contributed by atoms with Crippen LogP contribution in [0, 0.1) is 36.9 Å². The summed E-state index contributed by atoms with van der Waals surface area (Å²) in [5.74, 6) is -0.532. The first-order valence-corrected chi connectivity index (χ1v) is 7.32. The molecule has 0 N–H and O–H groups in total. The first kappa shape index (κ1) is 22.1. The molecule has 136 valence electrons. The summed E-state index contributed by atoms with van der Waals surface area (Å²) in [6.07, 6.45) is 3.09. The van der Waals surface area contributed by atoms with Crippen molar-refractivity contribution in [1.82, 2.24) is 9.97 Å². The molecule has 0 radical (unpaired) electrons. The van der Waals surface area contributed by atoms with Crippen LogP contribution in [0.4, 0.5) is 14.9 Å². The summed E-state index contributed by atoms with van der Waals surface area (Å²) in [7, 11) is 1.33. The maximum Gasteiger partial charge on any atom is 0.303 e. The van der Waals surface area contributed by atoms with Gasteiger partial charge in [-0.15, -0.1) is 0 Å². The molecule has 2 aromatic rings. The number of halogens is 1. The molecule has 2 heterocycles. The van der Waals surface area contributed by atoms with Crippen molar-refractivity contribution in [2.24, 2.45) is 0 Å². The van der Waals surface area contributed by atoms with Gasteiger partial charge >= 0.3 is 6.09 Å². The quantitative estimate of drug-likeness (QED) is 0.406. The summed E-state index contributed by atoms with van der Waals surface area (Å²) in [5, 5.41) is 0. The number of ether oxygens (including phenoxy) is 2. The number of rotatable bonds is 4. The predicted molar refractivity (Wildman–Crippen MR) is 88.4 cm³/mol. The minimum atomic E-state index is -0.914. The molecule has 0 spiro atoms. The first-order valence-electron chi connectivity index (χ1n) is 7.32. The van der Waals surface area contributed by atoms with Gasteiger partial charge in [-0.2, -0.15) is 0 Å². The number of carbonyl (C=O) groups is 1. The summed E-state index contributed by atoms with van der Waals surface area (Å²) < 4.78 is 23.6. The zero-order chi connectivity index (χ0) is 18.6. The topological polar surface area (TPSA) is 81.6 Å². The van der Waals surface area contributed by atoms with Gasteiger partial charge < -0.3 is 24.0 Å². The largest absolute Gasteiger partial charge is 0.502 e. The Bertz CT molecular complexity index is 796. The summed E-state index contributed by atoms with van der Waals surface area (Å²) >= 11 is 0. The molecule has 0 unspecified atom stereocenters. The van der Waals surface area contributed by atoms with E-state index in [2.05, 4.69) is 9.97 Å². The summed E-state index contributed by atoms with van der Waals surface area (Å²) in [6.45, 7) is 5.01. The van der Waals surface area contributed by atoms with Gasteiger partial charge in [-0.1, -0.05) is 6.07 Å². The molecular formula is C17H17FN3O4U-. The second kappa shape index (κ2) is 9.10. The molecule has 7 nitrogen and oxygen atoms in total. The van der Waals surface area contributed by atoms with Crippen LogP contribution in [0.15, 0.2) is 30.6 Å². The average molecular weight is 584 g/mol. The Morgan fingerprint density at radius 2 is 1.96 bits per heavy atom. The number of hydrogen-bond acceptors (Lipinski definition) is 6. The van der Waals surface area contributed by atoms with Crippen LogP contribution >= 0.6 is 0 Å². The third kappa shape index (κ3) is 5.51. The van der Waals surface area contributed by atoms with E-state index in [1.54, 1.807) is 20.8 Å². The van der Waals surface area contributed by atoms with Crippen molar-refractivity contribution in [3.05, 3.63) is 36.4 Å². The summed E-state index contributed by atoms with van der Waals surface area (Å²) in [5.41, 5.74) is 0.0475. The van der Waals surface area contributed by atoms with Gasteiger partial charge in [-0.3, -0.25) is 4.98 Å². The molecular weight excluding hydrogens is 567 g/mol. The van der Waals surface area contributed by atoms with E-state index in [9.17, 15) is 14.0 Å². The van der Waals surface area contributed by atoms with Gasteiger partial charge in [-0.05, 0) is 32.9 Å². The van der Waals surface area contributed by atoms with E-state index in [4.69, 9.17) is 9.47 Å².